The Morgan fingerprint density at radius 2 is 2.29 bits per heavy atom. The van der Waals surface area contributed by atoms with Crippen molar-refractivity contribution in [2.24, 2.45) is 0 Å². The number of nitrogens with one attached hydrogen (secondary N) is 1. The van der Waals surface area contributed by atoms with Crippen LogP contribution in [0.3, 0.4) is 0 Å². The van der Waals surface area contributed by atoms with Crippen LogP contribution in [0.1, 0.15) is 5.69 Å². The lowest BCUT2D eigenvalue weighted by atomic mass is 10.2. The van der Waals surface area contributed by atoms with Gasteiger partial charge in [0.2, 0.25) is 0 Å². The third-order valence-corrected chi connectivity index (χ3v) is 3.11. The number of hydrogen-bond acceptors (Lipinski definition) is 5. The van der Waals surface area contributed by atoms with Crippen molar-refractivity contribution >= 4 is 17.7 Å². The van der Waals surface area contributed by atoms with Gasteiger partial charge in [-0.15, -0.1) is 0 Å². The summed E-state index contributed by atoms with van der Waals surface area (Å²) in [5.74, 6) is -0.960. The van der Waals surface area contributed by atoms with E-state index in [2.05, 4.69) is 10.3 Å². The molecule has 1 fully saturated rings. The standard InChI is InChI=1S/C13H17N3O5/c17-7-11-8-21-4-3-16(11)13(20)15-10-2-1-9(14-6-10)5-12(18)19/h1-2,6,11,17H,3-5,7-8H2,(H,15,20)(H,18,19). The van der Waals surface area contributed by atoms with Gasteiger partial charge in [-0.2, -0.15) is 0 Å². The van der Waals surface area contributed by atoms with Crippen molar-refractivity contribution in [2.45, 2.75) is 12.5 Å². The Kier molecular flexibility index (Phi) is 5.07. The van der Waals surface area contributed by atoms with Crippen molar-refractivity contribution in [2.75, 3.05) is 31.7 Å². The number of anilines is 1. The summed E-state index contributed by atoms with van der Waals surface area (Å²) in [6.45, 7) is 0.976. The Labute approximate surface area is 121 Å². The number of aromatic nitrogens is 1. The Hall–Kier alpha value is -2.19. The molecular formula is C13H17N3O5. The molecule has 2 rings (SSSR count). The number of aliphatic hydroxyl groups excluding tert-OH is 1. The molecule has 1 atom stereocenters. The molecule has 0 radical (unpaired) electrons. The number of ether oxygens (including phenoxy) is 1. The van der Waals surface area contributed by atoms with Gasteiger partial charge in [0, 0.05) is 6.54 Å². The molecule has 1 unspecified atom stereocenters. The van der Waals surface area contributed by atoms with Crippen LogP contribution in [-0.2, 0) is 16.0 Å². The maximum atomic E-state index is 12.1. The number of aliphatic carboxylic acids is 1. The number of morpholine rings is 1. The van der Waals surface area contributed by atoms with Crippen LogP contribution in [-0.4, -0.2) is 64.5 Å². The fourth-order valence-electron chi connectivity index (χ4n) is 2.03. The number of pyridine rings is 1. The van der Waals surface area contributed by atoms with Crippen LogP contribution in [0, 0.1) is 0 Å². The molecule has 1 aromatic rings. The normalized spacial score (nSPS) is 18.3. The van der Waals surface area contributed by atoms with E-state index in [9.17, 15) is 14.7 Å². The lowest BCUT2D eigenvalue weighted by molar-refractivity contribution is -0.136. The SMILES string of the molecule is O=C(O)Cc1ccc(NC(=O)N2CCOCC2CO)cn1. The first kappa shape index (κ1) is 15.2. The first-order valence-corrected chi connectivity index (χ1v) is 6.53. The second kappa shape index (κ2) is 7.00. The maximum absolute atomic E-state index is 12.1. The van der Waals surface area contributed by atoms with Crippen LogP contribution in [0.25, 0.3) is 0 Å². The monoisotopic (exact) mass is 295 g/mol. The first-order chi connectivity index (χ1) is 10.1. The molecule has 2 heterocycles. The zero-order valence-electron chi connectivity index (χ0n) is 11.4. The molecular weight excluding hydrogens is 278 g/mol. The molecule has 1 aliphatic rings. The van der Waals surface area contributed by atoms with E-state index in [0.717, 1.165) is 0 Å². The number of carboxylic acid groups (broad SMARTS) is 1. The van der Waals surface area contributed by atoms with E-state index in [0.29, 0.717) is 31.1 Å². The summed E-state index contributed by atoms with van der Waals surface area (Å²) in [6, 6.07) is 2.44. The number of carbonyl (C=O) groups excluding carboxylic acids is 1. The largest absolute Gasteiger partial charge is 0.481 e. The summed E-state index contributed by atoms with van der Waals surface area (Å²) in [6.07, 6.45) is 1.24. The van der Waals surface area contributed by atoms with Gasteiger partial charge < -0.3 is 25.2 Å². The smallest absolute Gasteiger partial charge is 0.322 e. The summed E-state index contributed by atoms with van der Waals surface area (Å²) in [5.41, 5.74) is 0.887. The number of carboxylic acids is 1. The second-order valence-corrected chi connectivity index (χ2v) is 4.64. The van der Waals surface area contributed by atoms with Crippen LogP contribution >= 0.6 is 0 Å². The summed E-state index contributed by atoms with van der Waals surface area (Å²) in [4.78, 5) is 28.2. The Bertz CT molecular complexity index is 505. The molecule has 1 saturated heterocycles. The number of hydrogen-bond donors (Lipinski definition) is 3. The molecule has 21 heavy (non-hydrogen) atoms. The van der Waals surface area contributed by atoms with Gasteiger partial charge in [-0.1, -0.05) is 0 Å². The van der Waals surface area contributed by atoms with E-state index in [1.165, 1.54) is 11.1 Å². The number of aliphatic hydroxyl groups is 1. The molecule has 0 saturated carbocycles. The molecule has 8 heteroatoms. The average Bonchev–Trinajstić information content (AvgIpc) is 2.48. The number of amides is 2. The fraction of sp³-hybridized carbons (Fsp3) is 0.462. The zero-order chi connectivity index (χ0) is 15.2. The highest BCUT2D eigenvalue weighted by molar-refractivity contribution is 5.89. The third kappa shape index (κ3) is 4.14. The van der Waals surface area contributed by atoms with E-state index in [4.69, 9.17) is 9.84 Å². The topological polar surface area (TPSA) is 112 Å². The van der Waals surface area contributed by atoms with Crippen LogP contribution < -0.4 is 5.32 Å². The molecule has 0 spiro atoms. The van der Waals surface area contributed by atoms with E-state index in [-0.39, 0.29) is 25.1 Å². The van der Waals surface area contributed by atoms with Crippen molar-refractivity contribution in [1.82, 2.24) is 9.88 Å². The van der Waals surface area contributed by atoms with Crippen molar-refractivity contribution in [3.63, 3.8) is 0 Å². The lowest BCUT2D eigenvalue weighted by Gasteiger charge is -2.34. The predicted octanol–water partition coefficient (Wildman–Crippen LogP) is -0.0663. The van der Waals surface area contributed by atoms with Gasteiger partial charge in [-0.05, 0) is 12.1 Å². The van der Waals surface area contributed by atoms with Crippen molar-refractivity contribution < 1.29 is 24.5 Å². The van der Waals surface area contributed by atoms with Crippen LogP contribution in [0.4, 0.5) is 10.5 Å². The van der Waals surface area contributed by atoms with Crippen molar-refractivity contribution in [3.8, 4) is 0 Å². The highest BCUT2D eigenvalue weighted by Crippen LogP contribution is 2.12. The molecule has 8 nitrogen and oxygen atoms in total. The highest BCUT2D eigenvalue weighted by atomic mass is 16.5. The Morgan fingerprint density at radius 1 is 1.48 bits per heavy atom. The van der Waals surface area contributed by atoms with Gasteiger partial charge in [-0.25, -0.2) is 4.79 Å². The number of carbonyl (C=O) groups is 2. The van der Waals surface area contributed by atoms with E-state index >= 15 is 0 Å². The maximum Gasteiger partial charge on any atom is 0.322 e. The summed E-state index contributed by atoms with van der Waals surface area (Å²) < 4.78 is 5.21. The highest BCUT2D eigenvalue weighted by Gasteiger charge is 2.26. The minimum absolute atomic E-state index is 0.162. The third-order valence-electron chi connectivity index (χ3n) is 3.11. The minimum Gasteiger partial charge on any atom is -0.481 e. The average molecular weight is 295 g/mol. The quantitative estimate of drug-likeness (QED) is 0.717. The predicted molar refractivity (Wildman–Crippen MR) is 73.0 cm³/mol. The van der Waals surface area contributed by atoms with Gasteiger partial charge in [0.25, 0.3) is 0 Å². The van der Waals surface area contributed by atoms with Gasteiger partial charge in [0.15, 0.2) is 0 Å². The van der Waals surface area contributed by atoms with Crippen LogP contribution in [0.2, 0.25) is 0 Å². The van der Waals surface area contributed by atoms with Gasteiger partial charge in [0.05, 0.1) is 49.9 Å². The number of urea groups is 1. The van der Waals surface area contributed by atoms with Gasteiger partial charge in [-0.3, -0.25) is 9.78 Å². The van der Waals surface area contributed by atoms with Crippen molar-refractivity contribution in [1.29, 1.82) is 0 Å². The molecule has 114 valence electrons. The molecule has 1 aromatic heterocycles. The summed E-state index contributed by atoms with van der Waals surface area (Å²) >= 11 is 0. The van der Waals surface area contributed by atoms with E-state index in [1.54, 1.807) is 12.1 Å². The molecule has 0 bridgehead atoms. The van der Waals surface area contributed by atoms with Crippen LogP contribution in [0.5, 0.6) is 0 Å². The molecule has 2 amide bonds. The van der Waals surface area contributed by atoms with Gasteiger partial charge >= 0.3 is 12.0 Å². The molecule has 0 aromatic carbocycles. The number of nitrogens with zero attached hydrogens (tertiary/aromatic N) is 2. The lowest BCUT2D eigenvalue weighted by Crippen LogP contribution is -2.52. The first-order valence-electron chi connectivity index (χ1n) is 6.53. The molecule has 1 aliphatic heterocycles. The zero-order valence-corrected chi connectivity index (χ0v) is 11.4. The van der Waals surface area contributed by atoms with E-state index in [1.807, 2.05) is 0 Å². The number of rotatable bonds is 4. The summed E-state index contributed by atoms with van der Waals surface area (Å²) in [5, 5.41) is 20.6. The minimum atomic E-state index is -0.960. The molecule has 3 N–H and O–H groups in total. The Balaban J connectivity index is 1.96. The molecule has 0 aliphatic carbocycles. The van der Waals surface area contributed by atoms with E-state index < -0.39 is 5.97 Å². The van der Waals surface area contributed by atoms with Gasteiger partial charge in [0.1, 0.15) is 0 Å². The van der Waals surface area contributed by atoms with Crippen LogP contribution in [0.15, 0.2) is 18.3 Å². The fourth-order valence-corrected chi connectivity index (χ4v) is 2.03. The van der Waals surface area contributed by atoms with Crippen molar-refractivity contribution in [3.05, 3.63) is 24.0 Å². The Morgan fingerprint density at radius 3 is 2.90 bits per heavy atom. The summed E-state index contributed by atoms with van der Waals surface area (Å²) in [7, 11) is 0. The second-order valence-electron chi connectivity index (χ2n) is 4.64.